The Balaban J connectivity index is 2.19. The second kappa shape index (κ2) is 5.20. The molecule has 3 nitrogen and oxygen atoms in total. The van der Waals surface area contributed by atoms with Gasteiger partial charge in [0.15, 0.2) is 0 Å². The monoisotopic (exact) mass is 229 g/mol. The third-order valence-corrected chi connectivity index (χ3v) is 3.52. The van der Waals surface area contributed by atoms with Gasteiger partial charge in [-0.25, -0.2) is 0 Å². The Morgan fingerprint density at radius 2 is 2.35 bits per heavy atom. The van der Waals surface area contributed by atoms with Gasteiger partial charge in [-0.3, -0.25) is 0 Å². The largest absolute Gasteiger partial charge is 0.371 e. The molecule has 1 fully saturated rings. The van der Waals surface area contributed by atoms with Crippen LogP contribution in [-0.2, 0) is 0 Å². The first-order valence-electron chi connectivity index (χ1n) is 6.20. The fraction of sp³-hybridized carbons (Fsp3) is 0.500. The van der Waals surface area contributed by atoms with Crippen molar-refractivity contribution in [3.63, 3.8) is 0 Å². The predicted molar refractivity (Wildman–Crippen MR) is 69.9 cm³/mol. The number of nitrogens with two attached hydrogens (primary N) is 1. The van der Waals surface area contributed by atoms with Crippen LogP contribution in [0.1, 0.15) is 24.0 Å². The quantitative estimate of drug-likeness (QED) is 0.844. The molecule has 0 radical (unpaired) electrons. The van der Waals surface area contributed by atoms with Crippen molar-refractivity contribution in [1.82, 2.24) is 0 Å². The van der Waals surface area contributed by atoms with Crippen LogP contribution < -0.4 is 10.6 Å². The van der Waals surface area contributed by atoms with Gasteiger partial charge in [-0.2, -0.15) is 5.26 Å². The van der Waals surface area contributed by atoms with Gasteiger partial charge in [-0.15, -0.1) is 0 Å². The van der Waals surface area contributed by atoms with Gasteiger partial charge in [0.25, 0.3) is 0 Å². The standard InChI is InChI=1S/C14H19N3/c1-11-7-12(8-15)4-5-14(11)17-6-2-3-13(9-16)10-17/h4-5,7,13H,2-3,6,9-10,16H2,1H3. The van der Waals surface area contributed by atoms with Crippen molar-refractivity contribution in [2.24, 2.45) is 11.7 Å². The SMILES string of the molecule is Cc1cc(C#N)ccc1N1CCCC(CN)C1. The predicted octanol–water partition coefficient (Wildman–Crippen LogP) is 2.04. The first-order chi connectivity index (χ1) is 8.24. The van der Waals surface area contributed by atoms with E-state index in [0.717, 1.165) is 25.2 Å². The molecule has 0 aliphatic carbocycles. The van der Waals surface area contributed by atoms with Crippen LogP contribution in [0.3, 0.4) is 0 Å². The van der Waals surface area contributed by atoms with Crippen molar-refractivity contribution in [2.45, 2.75) is 19.8 Å². The molecular weight excluding hydrogens is 210 g/mol. The van der Waals surface area contributed by atoms with E-state index >= 15 is 0 Å². The summed E-state index contributed by atoms with van der Waals surface area (Å²) in [6.45, 7) is 4.99. The van der Waals surface area contributed by atoms with Gasteiger partial charge in [0.05, 0.1) is 11.6 Å². The number of aryl methyl sites for hydroxylation is 1. The van der Waals surface area contributed by atoms with E-state index in [1.807, 2.05) is 12.1 Å². The second-order valence-electron chi connectivity index (χ2n) is 4.80. The fourth-order valence-corrected chi connectivity index (χ4v) is 2.56. The number of anilines is 1. The molecule has 0 saturated carbocycles. The Morgan fingerprint density at radius 3 is 3.00 bits per heavy atom. The number of nitriles is 1. The third-order valence-electron chi connectivity index (χ3n) is 3.52. The molecule has 90 valence electrons. The van der Waals surface area contributed by atoms with Crippen molar-refractivity contribution in [3.8, 4) is 6.07 Å². The molecule has 1 aliphatic rings. The molecule has 17 heavy (non-hydrogen) atoms. The minimum Gasteiger partial charge on any atom is -0.371 e. The summed E-state index contributed by atoms with van der Waals surface area (Å²) in [5.41, 5.74) is 8.93. The minimum absolute atomic E-state index is 0.610. The van der Waals surface area contributed by atoms with Crippen LogP contribution in [0.4, 0.5) is 5.69 Å². The second-order valence-corrected chi connectivity index (χ2v) is 4.80. The molecule has 1 aromatic rings. The Labute approximate surface area is 103 Å². The summed E-state index contributed by atoms with van der Waals surface area (Å²) >= 11 is 0. The van der Waals surface area contributed by atoms with E-state index in [1.54, 1.807) is 0 Å². The average molecular weight is 229 g/mol. The molecule has 1 atom stereocenters. The van der Waals surface area contributed by atoms with Crippen molar-refractivity contribution in [3.05, 3.63) is 29.3 Å². The molecule has 2 rings (SSSR count). The molecule has 1 aromatic carbocycles. The maximum atomic E-state index is 8.86. The summed E-state index contributed by atoms with van der Waals surface area (Å²) in [6.07, 6.45) is 2.45. The van der Waals surface area contributed by atoms with Gasteiger partial charge in [-0.1, -0.05) is 0 Å². The molecule has 0 spiro atoms. The van der Waals surface area contributed by atoms with E-state index in [-0.39, 0.29) is 0 Å². The molecular formula is C14H19N3. The van der Waals surface area contributed by atoms with Crippen LogP contribution in [0.25, 0.3) is 0 Å². The maximum absolute atomic E-state index is 8.86. The minimum atomic E-state index is 0.610. The van der Waals surface area contributed by atoms with Gasteiger partial charge in [-0.05, 0) is 56.0 Å². The van der Waals surface area contributed by atoms with Gasteiger partial charge in [0.1, 0.15) is 0 Å². The Kier molecular flexibility index (Phi) is 3.65. The lowest BCUT2D eigenvalue weighted by Gasteiger charge is -2.34. The Bertz CT molecular complexity index is 434. The molecule has 1 unspecified atom stereocenters. The van der Waals surface area contributed by atoms with E-state index in [9.17, 15) is 0 Å². The van der Waals surface area contributed by atoms with E-state index in [1.165, 1.54) is 24.1 Å². The van der Waals surface area contributed by atoms with Crippen LogP contribution in [0.15, 0.2) is 18.2 Å². The highest BCUT2D eigenvalue weighted by molar-refractivity contribution is 5.56. The highest BCUT2D eigenvalue weighted by Crippen LogP contribution is 2.26. The topological polar surface area (TPSA) is 53.0 Å². The Morgan fingerprint density at radius 1 is 1.53 bits per heavy atom. The number of piperidine rings is 1. The zero-order valence-corrected chi connectivity index (χ0v) is 10.3. The summed E-state index contributed by atoms with van der Waals surface area (Å²) in [4.78, 5) is 2.40. The van der Waals surface area contributed by atoms with Gasteiger partial charge < -0.3 is 10.6 Å². The fourth-order valence-electron chi connectivity index (χ4n) is 2.56. The third kappa shape index (κ3) is 2.59. The lowest BCUT2D eigenvalue weighted by atomic mass is 9.97. The van der Waals surface area contributed by atoms with Crippen LogP contribution in [0.2, 0.25) is 0 Å². The maximum Gasteiger partial charge on any atom is 0.0991 e. The van der Waals surface area contributed by atoms with E-state index < -0.39 is 0 Å². The van der Waals surface area contributed by atoms with E-state index in [0.29, 0.717) is 5.92 Å². The van der Waals surface area contributed by atoms with Crippen molar-refractivity contribution < 1.29 is 0 Å². The summed E-state index contributed by atoms with van der Waals surface area (Å²) < 4.78 is 0. The summed E-state index contributed by atoms with van der Waals surface area (Å²) in [5.74, 6) is 0.610. The molecule has 0 bridgehead atoms. The summed E-state index contributed by atoms with van der Waals surface area (Å²) in [6, 6.07) is 8.10. The van der Waals surface area contributed by atoms with Crippen LogP contribution in [0, 0.1) is 24.2 Å². The normalized spacial score (nSPS) is 20.1. The van der Waals surface area contributed by atoms with E-state index in [2.05, 4.69) is 24.0 Å². The van der Waals surface area contributed by atoms with Crippen molar-refractivity contribution in [1.29, 1.82) is 5.26 Å². The molecule has 0 amide bonds. The molecule has 0 aromatic heterocycles. The van der Waals surface area contributed by atoms with Gasteiger partial charge in [0.2, 0.25) is 0 Å². The van der Waals surface area contributed by atoms with E-state index in [4.69, 9.17) is 11.0 Å². The van der Waals surface area contributed by atoms with Crippen LogP contribution >= 0.6 is 0 Å². The van der Waals surface area contributed by atoms with Crippen LogP contribution in [0.5, 0.6) is 0 Å². The summed E-state index contributed by atoms with van der Waals surface area (Å²) in [5, 5.41) is 8.86. The molecule has 3 heteroatoms. The van der Waals surface area contributed by atoms with Crippen LogP contribution in [-0.4, -0.2) is 19.6 Å². The smallest absolute Gasteiger partial charge is 0.0991 e. The van der Waals surface area contributed by atoms with Crippen molar-refractivity contribution >= 4 is 5.69 Å². The number of hydrogen-bond acceptors (Lipinski definition) is 3. The molecule has 2 N–H and O–H groups in total. The van der Waals surface area contributed by atoms with Gasteiger partial charge >= 0.3 is 0 Å². The highest BCUT2D eigenvalue weighted by atomic mass is 15.1. The Hall–Kier alpha value is -1.53. The van der Waals surface area contributed by atoms with Crippen molar-refractivity contribution in [2.75, 3.05) is 24.5 Å². The summed E-state index contributed by atoms with van der Waals surface area (Å²) in [7, 11) is 0. The average Bonchev–Trinajstić information content (AvgIpc) is 2.38. The molecule has 1 aliphatic heterocycles. The number of benzene rings is 1. The number of nitrogens with zero attached hydrogens (tertiary/aromatic N) is 2. The highest BCUT2D eigenvalue weighted by Gasteiger charge is 2.19. The zero-order chi connectivity index (χ0) is 12.3. The van der Waals surface area contributed by atoms with Gasteiger partial charge in [0, 0.05) is 18.8 Å². The first-order valence-corrected chi connectivity index (χ1v) is 6.20. The lowest BCUT2D eigenvalue weighted by Crippen LogP contribution is -2.38. The lowest BCUT2D eigenvalue weighted by molar-refractivity contribution is 0.423. The zero-order valence-electron chi connectivity index (χ0n) is 10.3. The first kappa shape index (κ1) is 11.9. The molecule has 1 saturated heterocycles. The molecule has 1 heterocycles. The number of rotatable bonds is 2. The number of hydrogen-bond donors (Lipinski definition) is 1.